The highest BCUT2D eigenvalue weighted by molar-refractivity contribution is 6.25. The lowest BCUT2D eigenvalue weighted by Crippen LogP contribution is -2.54. The Morgan fingerprint density at radius 1 is 0.364 bits per heavy atom. The Balaban J connectivity index is 0.000000167. The van der Waals surface area contributed by atoms with Crippen molar-refractivity contribution in [3.63, 3.8) is 0 Å². The Kier molecular flexibility index (Phi) is 23.6. The third kappa shape index (κ3) is 17.5. The van der Waals surface area contributed by atoms with Gasteiger partial charge in [-0.2, -0.15) is 0 Å². The van der Waals surface area contributed by atoms with E-state index >= 15 is 0 Å². The number of aromatic hydroxyl groups is 1. The van der Waals surface area contributed by atoms with E-state index in [2.05, 4.69) is 186 Å². The fourth-order valence-electron chi connectivity index (χ4n) is 19.6. The SMILES string of the molecule is O=C1CCC(N2C(=O)c3ccc(N4CCN(CCN5CCC(Oc6ccc(C7=C(c8ccccc8)CCc8cc(OCc9ccccc9)ccc87)cc6)CC5)CC4)cc3C2=O)C(=O)N1.O=C1CCC(N2C(=O)c3ccc(N4CCN(CCN5CCC(Oc6ccc([C@@H]7c8ccc(O)cc8CC[C@@H]7c7ccccc7)cc6)CC5)CC4)cc3C2=O)C(=O)N1. The van der Waals surface area contributed by atoms with Gasteiger partial charge < -0.3 is 38.9 Å². The van der Waals surface area contributed by atoms with Gasteiger partial charge in [0.15, 0.2) is 0 Å². The molecule has 2 unspecified atom stereocenters. The average molecular weight is 1620 g/mol. The van der Waals surface area contributed by atoms with Crippen molar-refractivity contribution in [1.82, 2.24) is 40.0 Å². The zero-order valence-electron chi connectivity index (χ0n) is 68.2. The van der Waals surface area contributed by atoms with E-state index in [4.69, 9.17) is 14.2 Å². The smallest absolute Gasteiger partial charge is 0.262 e. The molecule has 9 aromatic rings. The number of ether oxygens (including phenoxy) is 3. The molecule has 10 aliphatic rings. The molecule has 0 saturated carbocycles. The third-order valence-corrected chi connectivity index (χ3v) is 26.3. The molecule has 6 saturated heterocycles. The van der Waals surface area contributed by atoms with Crippen molar-refractivity contribution in [2.24, 2.45) is 0 Å². The molecule has 620 valence electrons. The van der Waals surface area contributed by atoms with Gasteiger partial charge in [0.05, 0.1) is 22.3 Å². The van der Waals surface area contributed by atoms with Crippen molar-refractivity contribution < 1.29 is 57.7 Å². The van der Waals surface area contributed by atoms with Crippen LogP contribution in [0.2, 0.25) is 0 Å². The van der Waals surface area contributed by atoms with Crippen LogP contribution in [0.25, 0.3) is 11.1 Å². The van der Waals surface area contributed by atoms with Gasteiger partial charge in [-0.25, -0.2) is 0 Å². The van der Waals surface area contributed by atoms with Crippen LogP contribution in [-0.4, -0.2) is 211 Å². The first-order valence-corrected chi connectivity index (χ1v) is 43.2. The minimum atomic E-state index is -0.964. The normalized spacial score (nSPS) is 21.4. The first-order valence-electron chi connectivity index (χ1n) is 43.2. The van der Waals surface area contributed by atoms with E-state index in [1.54, 1.807) is 24.3 Å². The predicted molar refractivity (Wildman–Crippen MR) is 462 cm³/mol. The zero-order chi connectivity index (χ0) is 82.6. The Labute approximate surface area is 705 Å². The van der Waals surface area contributed by atoms with Crippen molar-refractivity contribution in [3.05, 3.63) is 285 Å². The summed E-state index contributed by atoms with van der Waals surface area (Å²) in [5.74, 6) is -0.224. The van der Waals surface area contributed by atoms with Gasteiger partial charge in [0, 0.05) is 135 Å². The molecule has 3 N–H and O–H groups in total. The van der Waals surface area contributed by atoms with Gasteiger partial charge in [-0.15, -0.1) is 0 Å². The Morgan fingerprint density at radius 3 is 1.36 bits per heavy atom. The number of nitrogens with one attached hydrogen (secondary N) is 2. The quantitative estimate of drug-likeness (QED) is 0.0567. The summed E-state index contributed by atoms with van der Waals surface area (Å²) in [4.78, 5) is 118. The predicted octanol–water partition coefficient (Wildman–Crippen LogP) is 12.6. The number of phenols is 1. The van der Waals surface area contributed by atoms with Gasteiger partial charge in [0.1, 0.15) is 53.9 Å². The minimum absolute atomic E-state index is 0.100. The summed E-state index contributed by atoms with van der Waals surface area (Å²) in [5, 5.41) is 14.7. The van der Waals surface area contributed by atoms with Crippen LogP contribution in [0.1, 0.15) is 168 Å². The van der Waals surface area contributed by atoms with E-state index < -0.39 is 47.5 Å². The Bertz CT molecular complexity index is 5400. The highest BCUT2D eigenvalue weighted by Gasteiger charge is 2.47. The zero-order valence-corrected chi connectivity index (χ0v) is 68.2. The van der Waals surface area contributed by atoms with Crippen LogP contribution in [-0.2, 0) is 38.6 Å². The van der Waals surface area contributed by atoms with Crippen LogP contribution in [0.4, 0.5) is 11.4 Å². The van der Waals surface area contributed by atoms with Crippen molar-refractivity contribution >= 4 is 69.8 Å². The third-order valence-electron chi connectivity index (χ3n) is 26.3. The highest BCUT2D eigenvalue weighted by atomic mass is 16.5. The first-order chi connectivity index (χ1) is 59.1. The summed E-state index contributed by atoms with van der Waals surface area (Å²) in [5.41, 5.74) is 17.0. The van der Waals surface area contributed by atoms with Gasteiger partial charge in [-0.05, 0) is 216 Å². The molecule has 0 bridgehead atoms. The van der Waals surface area contributed by atoms with Crippen molar-refractivity contribution in [1.29, 1.82) is 0 Å². The molecule has 22 heteroatoms. The number of fused-ring (bicyclic) bond motifs is 4. The van der Waals surface area contributed by atoms with Crippen molar-refractivity contribution in [3.8, 4) is 23.0 Å². The van der Waals surface area contributed by atoms with Crippen LogP contribution in [0.3, 0.4) is 0 Å². The maximum Gasteiger partial charge on any atom is 0.262 e. The summed E-state index contributed by atoms with van der Waals surface area (Å²) in [7, 11) is 0. The molecule has 8 amide bonds. The number of hydrogen-bond donors (Lipinski definition) is 3. The number of carbonyl (C=O) groups is 8. The fraction of sp³-hybridized carbons (Fsp3) is 0.354. The van der Waals surface area contributed by atoms with Gasteiger partial charge in [-0.3, -0.25) is 68.6 Å². The second kappa shape index (κ2) is 35.7. The van der Waals surface area contributed by atoms with Crippen LogP contribution in [0.15, 0.2) is 212 Å². The molecule has 8 aliphatic heterocycles. The van der Waals surface area contributed by atoms with Gasteiger partial charge >= 0.3 is 0 Å². The average Bonchev–Trinajstić information content (AvgIpc) is 1.13. The van der Waals surface area contributed by atoms with Gasteiger partial charge in [-0.1, -0.05) is 127 Å². The van der Waals surface area contributed by atoms with Crippen molar-refractivity contribution in [2.75, 3.05) is 115 Å². The number of benzene rings is 9. The largest absolute Gasteiger partial charge is 0.508 e. The molecule has 22 nitrogen and oxygen atoms in total. The van der Waals surface area contributed by atoms with Gasteiger partial charge in [0.2, 0.25) is 23.6 Å². The van der Waals surface area contributed by atoms with E-state index in [0.717, 1.165) is 200 Å². The molecular weight excluding hydrogens is 1520 g/mol. The van der Waals surface area contributed by atoms with E-state index in [1.165, 1.54) is 55.7 Å². The number of imide groups is 4. The molecule has 0 aromatic heterocycles. The van der Waals surface area contributed by atoms with Crippen LogP contribution < -0.4 is 34.6 Å². The first kappa shape index (κ1) is 80.0. The number of hydrogen-bond acceptors (Lipinski definition) is 18. The number of piperazine rings is 2. The lowest BCUT2D eigenvalue weighted by Gasteiger charge is -2.38. The monoisotopic (exact) mass is 1620 g/mol. The van der Waals surface area contributed by atoms with E-state index in [9.17, 15) is 43.5 Å². The molecule has 9 aromatic carbocycles. The lowest BCUT2D eigenvalue weighted by molar-refractivity contribution is -0.137. The number of aryl methyl sites for hydroxylation is 2. The summed E-state index contributed by atoms with van der Waals surface area (Å²) >= 11 is 0. The molecule has 6 fully saturated rings. The molecule has 0 radical (unpaired) electrons. The Morgan fingerprint density at radius 2 is 0.835 bits per heavy atom. The topological polar surface area (TPSA) is 234 Å². The van der Waals surface area contributed by atoms with Crippen LogP contribution in [0, 0.1) is 0 Å². The maximum atomic E-state index is 13.4. The Hall–Kier alpha value is -12.1. The van der Waals surface area contributed by atoms with Gasteiger partial charge in [0.25, 0.3) is 23.6 Å². The number of allylic oxidation sites excluding steroid dienone is 1. The van der Waals surface area contributed by atoms with E-state index in [0.29, 0.717) is 40.5 Å². The fourth-order valence-corrected chi connectivity index (χ4v) is 19.6. The number of phenolic OH excluding ortho intramolecular Hbond substituents is 1. The number of nitrogens with zero attached hydrogens (tertiary/aromatic N) is 8. The van der Waals surface area contributed by atoms with E-state index in [-0.39, 0.29) is 55.6 Å². The molecule has 4 atom stereocenters. The number of likely N-dealkylation sites (tertiary alicyclic amines) is 2. The minimum Gasteiger partial charge on any atom is -0.508 e. The van der Waals surface area contributed by atoms with E-state index in [1.807, 2.05) is 42.5 Å². The summed E-state index contributed by atoms with van der Waals surface area (Å²) < 4.78 is 19.3. The summed E-state index contributed by atoms with van der Waals surface area (Å²) in [6.07, 6.45) is 8.74. The summed E-state index contributed by atoms with van der Waals surface area (Å²) in [6, 6.07) is 70.5. The molecule has 121 heavy (non-hydrogen) atoms. The van der Waals surface area contributed by atoms with Crippen LogP contribution in [0.5, 0.6) is 23.0 Å². The number of carbonyl (C=O) groups excluding carboxylic acids is 8. The molecule has 19 rings (SSSR count). The molecule has 0 spiro atoms. The molecule has 8 heterocycles. The van der Waals surface area contributed by atoms with Crippen LogP contribution >= 0.6 is 0 Å². The second-order valence-corrected chi connectivity index (χ2v) is 33.7. The number of rotatable bonds is 21. The molecule has 2 aliphatic carbocycles. The number of piperidine rings is 4. The highest BCUT2D eigenvalue weighted by Crippen LogP contribution is 2.48. The molecular formula is C99H102N10O12. The number of amides is 8. The summed E-state index contributed by atoms with van der Waals surface area (Å²) in [6.45, 7) is 15.4. The standard InChI is InChI=1S/C53H53N5O6.C46H49N5O6/c59-49-22-21-48(51(60)54-49)58-52(61)46-19-14-40(34-47(46)53(58)62)57-31-29-56(30-32-57)28-27-55-25-23-42(24-26-55)64-41-15-11-38(12-16-41)50-44(37-9-5-2-6-10-37)18-13-39-33-43(17-20-45(39)50)63-35-36-7-3-1-4-8-36;52-34-10-15-38-32(28-34)8-13-37(30-4-2-1-3-5-30)43(38)31-6-11-35(12-7-31)57-36-18-20-48(21-19-36)22-23-49-24-26-50(27-25-49)33-9-14-39-40(29-33)46(56)51(45(39)55)41-16-17-42(53)47-44(41)54/h1-12,14-17,19-20,33-34,42,48H,13,18,21-32,35H2,(H,54,59,60);1-7,9-12,14-15,28-29,36-37,41,43,52H,8,13,16-27H2,(H,47,53,54)/t;37-,41?,43+/m.1/s1. The lowest BCUT2D eigenvalue weighted by atomic mass is 9.69. The number of anilines is 2. The second-order valence-electron chi connectivity index (χ2n) is 33.7. The maximum absolute atomic E-state index is 13.4. The van der Waals surface area contributed by atoms with Crippen molar-refractivity contribution in [2.45, 2.75) is 120 Å².